The van der Waals surface area contributed by atoms with Gasteiger partial charge in [-0.2, -0.15) is 5.10 Å². The smallest absolute Gasteiger partial charge is 0.239 e. The van der Waals surface area contributed by atoms with Crippen LogP contribution >= 0.6 is 0 Å². The predicted molar refractivity (Wildman–Crippen MR) is 134 cm³/mol. The van der Waals surface area contributed by atoms with Crippen molar-refractivity contribution >= 4 is 22.5 Å². The van der Waals surface area contributed by atoms with Gasteiger partial charge in [0.2, 0.25) is 5.91 Å². The van der Waals surface area contributed by atoms with Crippen LogP contribution in [0.2, 0.25) is 0 Å². The third kappa shape index (κ3) is 4.23. The largest absolute Gasteiger partial charge is 0.310 e. The van der Waals surface area contributed by atoms with Crippen LogP contribution in [0.4, 0.5) is 5.82 Å². The number of likely N-dealkylation sites (tertiary alicyclic amines) is 1. The quantitative estimate of drug-likeness (QED) is 0.600. The Morgan fingerprint density at radius 2 is 1.76 bits per heavy atom. The number of hydrogen-bond acceptors (Lipinski definition) is 5. The van der Waals surface area contributed by atoms with Gasteiger partial charge in [0.25, 0.3) is 0 Å². The van der Waals surface area contributed by atoms with Crippen molar-refractivity contribution in [3.63, 3.8) is 0 Å². The molecule has 0 aliphatic carbocycles. The summed E-state index contributed by atoms with van der Waals surface area (Å²) in [5, 5.41) is 9.77. The van der Waals surface area contributed by atoms with Gasteiger partial charge in [-0.1, -0.05) is 18.6 Å². The highest BCUT2D eigenvalue weighted by atomic mass is 16.2. The molecule has 7 heteroatoms. The fraction of sp³-hybridized carbons (Fsp3) is 0.519. The van der Waals surface area contributed by atoms with Gasteiger partial charge in [0, 0.05) is 42.8 Å². The molecule has 0 radical (unpaired) electrons. The minimum absolute atomic E-state index is 0.0397. The first kappa shape index (κ1) is 21.7. The molecule has 0 saturated carbocycles. The zero-order valence-corrected chi connectivity index (χ0v) is 20.0. The van der Waals surface area contributed by atoms with Crippen LogP contribution in [0.1, 0.15) is 50.6 Å². The third-order valence-electron chi connectivity index (χ3n) is 8.11. The number of aromatic nitrogens is 3. The average Bonchev–Trinajstić information content (AvgIpc) is 3.54. The Balaban J connectivity index is 1.21. The molecule has 3 aliphatic heterocycles. The summed E-state index contributed by atoms with van der Waals surface area (Å²) in [6.07, 6.45) is 12.7. The topological polar surface area (TPSA) is 66.3 Å². The third-order valence-corrected chi connectivity index (χ3v) is 8.11. The fourth-order valence-corrected chi connectivity index (χ4v) is 6.22. The number of aryl methyl sites for hydroxylation is 1. The van der Waals surface area contributed by atoms with E-state index in [9.17, 15) is 4.79 Å². The molecule has 34 heavy (non-hydrogen) atoms. The second-order valence-electron chi connectivity index (χ2n) is 10.3. The summed E-state index contributed by atoms with van der Waals surface area (Å²) in [5.41, 5.74) is 3.59. The molecule has 3 fully saturated rings. The number of carbonyl (C=O) groups is 1. The molecular formula is C27H34N6O. The first-order chi connectivity index (χ1) is 16.6. The van der Waals surface area contributed by atoms with Crippen LogP contribution in [0.15, 0.2) is 36.7 Å². The van der Waals surface area contributed by atoms with E-state index < -0.39 is 0 Å². The van der Waals surface area contributed by atoms with Crippen molar-refractivity contribution < 1.29 is 4.79 Å². The number of carbonyl (C=O) groups excluding carboxylic acids is 1. The second kappa shape index (κ2) is 9.12. The predicted octanol–water partition coefficient (Wildman–Crippen LogP) is 4.19. The van der Waals surface area contributed by atoms with E-state index in [0.29, 0.717) is 24.4 Å². The van der Waals surface area contributed by atoms with Gasteiger partial charge in [-0.25, -0.2) is 4.98 Å². The maximum atomic E-state index is 12.7. The van der Waals surface area contributed by atoms with Gasteiger partial charge in [-0.3, -0.25) is 19.3 Å². The Kier molecular flexibility index (Phi) is 5.83. The number of hydrogen-bond donors (Lipinski definition) is 1. The number of benzene rings is 1. The fourth-order valence-electron chi connectivity index (χ4n) is 6.22. The lowest BCUT2D eigenvalue weighted by molar-refractivity contribution is -0.117. The van der Waals surface area contributed by atoms with Gasteiger partial charge in [-0.05, 0) is 74.7 Å². The van der Waals surface area contributed by atoms with E-state index in [4.69, 9.17) is 0 Å². The van der Waals surface area contributed by atoms with Gasteiger partial charge < -0.3 is 5.32 Å². The first-order valence-electron chi connectivity index (χ1n) is 12.8. The van der Waals surface area contributed by atoms with Gasteiger partial charge in [0.15, 0.2) is 0 Å². The number of nitrogens with one attached hydrogen (secondary N) is 1. The van der Waals surface area contributed by atoms with Crippen LogP contribution in [0.3, 0.4) is 0 Å². The summed E-state index contributed by atoms with van der Waals surface area (Å²) in [6, 6.07) is 9.66. The molecule has 0 spiro atoms. The lowest BCUT2D eigenvalue weighted by Crippen LogP contribution is -2.36. The van der Waals surface area contributed by atoms with E-state index in [1.54, 1.807) is 0 Å². The number of nitrogens with zero attached hydrogens (tertiary/aromatic N) is 5. The number of piperidine rings is 1. The molecule has 6 rings (SSSR count). The molecule has 1 aromatic carbocycles. The lowest BCUT2D eigenvalue weighted by Gasteiger charge is -2.26. The van der Waals surface area contributed by atoms with Crippen molar-refractivity contribution in [3.05, 3.63) is 42.4 Å². The molecule has 3 saturated heterocycles. The SMILES string of the molecule is Cn1ncc(-c2ccc3cnc(NC(=O)CN4C5CCC4CC5)cc3c2)c1CN1CCCCC1. The Hall–Kier alpha value is -2.77. The van der Waals surface area contributed by atoms with E-state index in [1.165, 1.54) is 56.2 Å². The number of rotatable bonds is 6. The minimum atomic E-state index is 0.0397. The maximum Gasteiger partial charge on any atom is 0.239 e. The summed E-state index contributed by atoms with van der Waals surface area (Å²) in [5.74, 6) is 0.666. The normalized spacial score (nSPS) is 23.1. The Labute approximate surface area is 201 Å². The van der Waals surface area contributed by atoms with Gasteiger partial charge in [-0.15, -0.1) is 0 Å². The Morgan fingerprint density at radius 1 is 1.00 bits per heavy atom. The molecule has 5 heterocycles. The van der Waals surface area contributed by atoms with Crippen molar-refractivity contribution in [2.75, 3.05) is 25.0 Å². The molecule has 2 aromatic heterocycles. The van der Waals surface area contributed by atoms with Crippen LogP contribution in [0.5, 0.6) is 0 Å². The molecular weight excluding hydrogens is 424 g/mol. The van der Waals surface area contributed by atoms with Crippen molar-refractivity contribution in [2.45, 2.75) is 63.6 Å². The van der Waals surface area contributed by atoms with Crippen LogP contribution in [0.25, 0.3) is 21.9 Å². The average molecular weight is 459 g/mol. The number of pyridine rings is 1. The van der Waals surface area contributed by atoms with E-state index in [0.717, 1.165) is 36.0 Å². The highest BCUT2D eigenvalue weighted by Crippen LogP contribution is 2.37. The van der Waals surface area contributed by atoms with Crippen LogP contribution in [0, 0.1) is 0 Å². The maximum absolute atomic E-state index is 12.7. The monoisotopic (exact) mass is 458 g/mol. The van der Waals surface area contributed by atoms with Crippen LogP contribution < -0.4 is 5.32 Å². The molecule has 7 nitrogen and oxygen atoms in total. The number of amides is 1. The van der Waals surface area contributed by atoms with E-state index in [2.05, 4.69) is 43.4 Å². The molecule has 0 unspecified atom stereocenters. The summed E-state index contributed by atoms with van der Waals surface area (Å²) in [4.78, 5) is 22.2. The molecule has 3 aromatic rings. The van der Waals surface area contributed by atoms with Gasteiger partial charge in [0.05, 0.1) is 18.4 Å². The summed E-state index contributed by atoms with van der Waals surface area (Å²) < 4.78 is 2.01. The van der Waals surface area contributed by atoms with Crippen molar-refractivity contribution in [2.24, 2.45) is 7.05 Å². The first-order valence-corrected chi connectivity index (χ1v) is 12.8. The second-order valence-corrected chi connectivity index (χ2v) is 10.3. The number of anilines is 1. The van der Waals surface area contributed by atoms with E-state index >= 15 is 0 Å². The van der Waals surface area contributed by atoms with E-state index in [-0.39, 0.29) is 5.91 Å². The van der Waals surface area contributed by atoms with Gasteiger partial charge in [0.1, 0.15) is 5.82 Å². The molecule has 178 valence electrons. The van der Waals surface area contributed by atoms with Crippen molar-refractivity contribution in [3.8, 4) is 11.1 Å². The highest BCUT2D eigenvalue weighted by Gasteiger charge is 2.39. The lowest BCUT2D eigenvalue weighted by atomic mass is 10.0. The summed E-state index contributed by atoms with van der Waals surface area (Å²) in [7, 11) is 2.04. The Bertz CT molecular complexity index is 1180. The van der Waals surface area contributed by atoms with Crippen molar-refractivity contribution in [1.82, 2.24) is 24.6 Å². The standard InChI is InChI=1S/C27H34N6O/c1-31-25(17-32-11-3-2-4-12-32)24(16-29-31)19-5-6-20-15-28-26(14-21(20)13-19)30-27(34)18-33-22-7-8-23(33)10-9-22/h5-6,13-16,22-23H,2-4,7-12,17-18H2,1H3,(H,28,30,34). The molecule has 0 atom stereocenters. The molecule has 2 bridgehead atoms. The molecule has 3 aliphatic rings. The highest BCUT2D eigenvalue weighted by molar-refractivity contribution is 5.95. The van der Waals surface area contributed by atoms with Gasteiger partial charge >= 0.3 is 0 Å². The number of fused-ring (bicyclic) bond motifs is 3. The molecule has 1 amide bonds. The zero-order valence-electron chi connectivity index (χ0n) is 20.0. The van der Waals surface area contributed by atoms with E-state index in [1.807, 2.05) is 30.2 Å². The van der Waals surface area contributed by atoms with Crippen molar-refractivity contribution in [1.29, 1.82) is 0 Å². The summed E-state index contributed by atoms with van der Waals surface area (Å²) >= 11 is 0. The minimum Gasteiger partial charge on any atom is -0.310 e. The molecule has 1 N–H and O–H groups in total. The Morgan fingerprint density at radius 3 is 2.53 bits per heavy atom. The van der Waals surface area contributed by atoms with Crippen LogP contribution in [-0.2, 0) is 18.4 Å². The zero-order chi connectivity index (χ0) is 23.1. The van der Waals surface area contributed by atoms with Crippen LogP contribution in [-0.4, -0.2) is 62.2 Å². The summed E-state index contributed by atoms with van der Waals surface area (Å²) in [6.45, 7) is 3.73.